The van der Waals surface area contributed by atoms with Crippen LogP contribution in [0.4, 0.5) is 0 Å². The van der Waals surface area contributed by atoms with Gasteiger partial charge in [-0.15, -0.1) is 11.3 Å². The first kappa shape index (κ1) is 10.2. The topological polar surface area (TPSA) is 58.4 Å². The number of nitrogen functional groups attached to an aromatic ring is 1. The van der Waals surface area contributed by atoms with Crippen LogP contribution in [0, 0.1) is 0 Å². The number of nitrogens with one attached hydrogen (secondary N) is 1. The molecule has 1 aromatic heterocycles. The molecule has 0 saturated carbocycles. The molecule has 1 rings (SSSR count). The van der Waals surface area contributed by atoms with Crippen LogP contribution in [-0.2, 0) is 6.54 Å². The summed E-state index contributed by atoms with van der Waals surface area (Å²) in [4.78, 5) is 13.9. The third kappa shape index (κ3) is 2.51. The Morgan fingerprint density at radius 2 is 2.38 bits per heavy atom. The van der Waals surface area contributed by atoms with Gasteiger partial charge in [0.25, 0.3) is 5.91 Å². The van der Waals surface area contributed by atoms with E-state index in [1.807, 2.05) is 30.4 Å². The summed E-state index contributed by atoms with van der Waals surface area (Å²) in [5, 5.41) is 1.89. The molecule has 4 nitrogen and oxygen atoms in total. The lowest BCUT2D eigenvalue weighted by molar-refractivity contribution is 0.0956. The van der Waals surface area contributed by atoms with Crippen LogP contribution < -0.4 is 11.3 Å². The van der Waals surface area contributed by atoms with Crippen molar-refractivity contribution in [1.82, 2.24) is 10.3 Å². The van der Waals surface area contributed by atoms with E-state index in [1.165, 1.54) is 11.3 Å². The molecule has 0 aliphatic carbocycles. The molecule has 13 heavy (non-hydrogen) atoms. The van der Waals surface area contributed by atoms with Gasteiger partial charge in [0, 0.05) is 6.54 Å². The van der Waals surface area contributed by atoms with Crippen LogP contribution in [0.15, 0.2) is 11.4 Å². The normalized spacial score (nSPS) is 10.5. The van der Waals surface area contributed by atoms with Gasteiger partial charge in [0.2, 0.25) is 0 Å². The highest BCUT2D eigenvalue weighted by molar-refractivity contribution is 7.12. The molecule has 1 aromatic rings. The summed E-state index contributed by atoms with van der Waals surface area (Å²) in [5.74, 6) is 4.84. The predicted octanol–water partition coefficient (Wildman–Crippen LogP) is 0.413. The van der Waals surface area contributed by atoms with Crippen LogP contribution >= 0.6 is 11.3 Å². The molecule has 0 fully saturated rings. The fourth-order valence-electron chi connectivity index (χ4n) is 1.07. The van der Waals surface area contributed by atoms with E-state index in [2.05, 4.69) is 5.43 Å². The van der Waals surface area contributed by atoms with Gasteiger partial charge in [0.05, 0.1) is 4.88 Å². The van der Waals surface area contributed by atoms with E-state index in [9.17, 15) is 4.79 Å². The minimum Gasteiger partial charge on any atom is -0.305 e. The number of amides is 1. The van der Waals surface area contributed by atoms with E-state index < -0.39 is 0 Å². The summed E-state index contributed by atoms with van der Waals surface area (Å²) in [5.41, 5.74) is 3.15. The van der Waals surface area contributed by atoms with E-state index >= 15 is 0 Å². The predicted molar refractivity (Wildman–Crippen MR) is 53.4 cm³/mol. The Hall–Kier alpha value is -0.910. The molecule has 0 aliphatic heterocycles. The number of hydrogen-bond donors (Lipinski definition) is 2. The van der Waals surface area contributed by atoms with Gasteiger partial charge in [-0.25, -0.2) is 5.84 Å². The summed E-state index contributed by atoms with van der Waals surface area (Å²) >= 11 is 1.41. The quantitative estimate of drug-likeness (QED) is 0.421. The Bertz CT molecular complexity index is 295. The average molecular weight is 199 g/mol. The van der Waals surface area contributed by atoms with E-state index in [1.54, 1.807) is 0 Å². The molecule has 5 heteroatoms. The molecule has 0 aliphatic rings. The number of thiophene rings is 1. The van der Waals surface area contributed by atoms with Crippen molar-refractivity contribution in [2.45, 2.75) is 6.54 Å². The van der Waals surface area contributed by atoms with E-state index in [4.69, 9.17) is 5.84 Å². The molecule has 0 aromatic carbocycles. The van der Waals surface area contributed by atoms with Crippen molar-refractivity contribution >= 4 is 17.2 Å². The number of nitrogens with two attached hydrogens (primary N) is 1. The van der Waals surface area contributed by atoms with Gasteiger partial charge in [0.1, 0.15) is 0 Å². The van der Waals surface area contributed by atoms with Gasteiger partial charge in [-0.1, -0.05) is 0 Å². The first-order valence-electron chi connectivity index (χ1n) is 3.87. The summed E-state index contributed by atoms with van der Waals surface area (Å²) in [6.07, 6.45) is 0. The number of rotatable bonds is 3. The zero-order valence-electron chi connectivity index (χ0n) is 7.70. The molecule has 0 bridgehead atoms. The SMILES string of the molecule is CN(C)Cc1ccsc1C(=O)NN. The van der Waals surface area contributed by atoms with Crippen LogP contribution in [0.25, 0.3) is 0 Å². The Morgan fingerprint density at radius 3 is 2.92 bits per heavy atom. The first-order chi connectivity index (χ1) is 6.15. The smallest absolute Gasteiger partial charge is 0.275 e. The number of carbonyl (C=O) groups excluding carboxylic acids is 1. The first-order valence-corrected chi connectivity index (χ1v) is 4.75. The summed E-state index contributed by atoms with van der Waals surface area (Å²) in [6.45, 7) is 0.756. The van der Waals surface area contributed by atoms with Gasteiger partial charge in [-0.2, -0.15) is 0 Å². The molecule has 1 heterocycles. The second-order valence-electron chi connectivity index (χ2n) is 2.99. The average Bonchev–Trinajstić information content (AvgIpc) is 2.50. The Balaban J connectivity index is 2.83. The van der Waals surface area contributed by atoms with Crippen molar-refractivity contribution in [3.05, 3.63) is 21.9 Å². The fourth-order valence-corrected chi connectivity index (χ4v) is 1.88. The van der Waals surface area contributed by atoms with Crippen LogP contribution in [0.3, 0.4) is 0 Å². The Kier molecular flexibility index (Phi) is 3.41. The van der Waals surface area contributed by atoms with Gasteiger partial charge in [-0.3, -0.25) is 10.2 Å². The Labute approximate surface area is 81.3 Å². The molecular formula is C8H13N3OS. The van der Waals surface area contributed by atoms with E-state index in [0.29, 0.717) is 4.88 Å². The molecule has 0 radical (unpaired) electrons. The number of hydrogen-bond acceptors (Lipinski definition) is 4. The fraction of sp³-hybridized carbons (Fsp3) is 0.375. The van der Waals surface area contributed by atoms with Crippen molar-refractivity contribution in [2.24, 2.45) is 5.84 Å². The van der Waals surface area contributed by atoms with Gasteiger partial charge < -0.3 is 4.90 Å². The number of carbonyl (C=O) groups is 1. The van der Waals surface area contributed by atoms with Crippen molar-refractivity contribution < 1.29 is 4.79 Å². The lowest BCUT2D eigenvalue weighted by atomic mass is 10.2. The third-order valence-corrected chi connectivity index (χ3v) is 2.53. The molecule has 0 saturated heterocycles. The molecule has 72 valence electrons. The maximum Gasteiger partial charge on any atom is 0.275 e. The Morgan fingerprint density at radius 1 is 1.69 bits per heavy atom. The largest absolute Gasteiger partial charge is 0.305 e. The minimum atomic E-state index is -0.216. The molecule has 0 atom stereocenters. The zero-order chi connectivity index (χ0) is 9.84. The lowest BCUT2D eigenvalue weighted by Crippen LogP contribution is -2.30. The van der Waals surface area contributed by atoms with Crippen LogP contribution in [-0.4, -0.2) is 24.9 Å². The molecule has 0 unspecified atom stereocenters. The maximum atomic E-state index is 11.2. The van der Waals surface area contributed by atoms with Crippen molar-refractivity contribution in [3.8, 4) is 0 Å². The van der Waals surface area contributed by atoms with Gasteiger partial charge in [-0.05, 0) is 31.1 Å². The number of hydrazine groups is 1. The van der Waals surface area contributed by atoms with Crippen LogP contribution in [0.5, 0.6) is 0 Å². The van der Waals surface area contributed by atoms with Crippen molar-refractivity contribution in [1.29, 1.82) is 0 Å². The number of nitrogens with zero attached hydrogens (tertiary/aromatic N) is 1. The molecule has 3 N–H and O–H groups in total. The van der Waals surface area contributed by atoms with E-state index in [0.717, 1.165) is 12.1 Å². The highest BCUT2D eigenvalue weighted by Crippen LogP contribution is 2.17. The molecular weight excluding hydrogens is 186 g/mol. The minimum absolute atomic E-state index is 0.216. The highest BCUT2D eigenvalue weighted by atomic mass is 32.1. The van der Waals surface area contributed by atoms with Gasteiger partial charge in [0.15, 0.2) is 0 Å². The standard InChI is InChI=1S/C8H13N3OS/c1-11(2)5-6-3-4-13-7(6)8(12)10-9/h3-4H,5,9H2,1-2H3,(H,10,12). The second-order valence-corrected chi connectivity index (χ2v) is 3.90. The molecule has 0 spiro atoms. The highest BCUT2D eigenvalue weighted by Gasteiger charge is 2.11. The van der Waals surface area contributed by atoms with E-state index in [-0.39, 0.29) is 5.91 Å². The summed E-state index contributed by atoms with van der Waals surface area (Å²) < 4.78 is 0. The van der Waals surface area contributed by atoms with Crippen molar-refractivity contribution in [3.63, 3.8) is 0 Å². The van der Waals surface area contributed by atoms with Crippen LogP contribution in [0.1, 0.15) is 15.2 Å². The lowest BCUT2D eigenvalue weighted by Gasteiger charge is -2.09. The second kappa shape index (κ2) is 4.36. The van der Waals surface area contributed by atoms with Crippen LogP contribution in [0.2, 0.25) is 0 Å². The van der Waals surface area contributed by atoms with Gasteiger partial charge >= 0.3 is 0 Å². The third-order valence-electron chi connectivity index (χ3n) is 1.57. The monoisotopic (exact) mass is 199 g/mol. The zero-order valence-corrected chi connectivity index (χ0v) is 8.52. The molecule has 1 amide bonds. The summed E-state index contributed by atoms with van der Waals surface area (Å²) in [7, 11) is 3.92. The van der Waals surface area contributed by atoms with Crippen molar-refractivity contribution in [2.75, 3.05) is 14.1 Å². The maximum absolute atomic E-state index is 11.2. The summed E-state index contributed by atoms with van der Waals surface area (Å²) in [6, 6.07) is 1.94.